The van der Waals surface area contributed by atoms with Gasteiger partial charge in [0.1, 0.15) is 16.6 Å². The van der Waals surface area contributed by atoms with Crippen LogP contribution in [0, 0.1) is 25.2 Å². The van der Waals surface area contributed by atoms with Crippen LogP contribution in [0.15, 0.2) is 11.6 Å². The first-order valence-corrected chi connectivity index (χ1v) is 9.70. The van der Waals surface area contributed by atoms with E-state index in [1.54, 1.807) is 13.2 Å². The Morgan fingerprint density at radius 3 is 2.89 bits per heavy atom. The highest BCUT2D eigenvalue weighted by Gasteiger charge is 2.28. The van der Waals surface area contributed by atoms with Crippen LogP contribution >= 0.6 is 11.3 Å². The van der Waals surface area contributed by atoms with Gasteiger partial charge in [-0.05, 0) is 51.3 Å². The predicted octanol–water partition coefficient (Wildman–Crippen LogP) is 3.59. The number of anilines is 1. The second-order valence-electron chi connectivity index (χ2n) is 6.84. The van der Waals surface area contributed by atoms with E-state index in [1.165, 1.54) is 11.3 Å². The molecular formula is C19H23N5O2S. The largest absolute Gasteiger partial charge is 0.383 e. The maximum atomic E-state index is 12.5. The molecular weight excluding hydrogens is 362 g/mol. The van der Waals surface area contributed by atoms with E-state index in [0.29, 0.717) is 17.7 Å². The van der Waals surface area contributed by atoms with Crippen molar-refractivity contribution in [3.8, 4) is 6.07 Å². The summed E-state index contributed by atoms with van der Waals surface area (Å²) in [5.74, 6) is 0.0179. The van der Waals surface area contributed by atoms with Gasteiger partial charge >= 0.3 is 0 Å². The SMILES string of the molecule is COCC(C)n1c(C)cc(/C=C(\C#N)C(=O)Nc2nnc(C3CC3)s2)c1C. The third-order valence-corrected chi connectivity index (χ3v) is 5.63. The Labute approximate surface area is 162 Å². The summed E-state index contributed by atoms with van der Waals surface area (Å²) in [6.45, 7) is 6.64. The zero-order valence-corrected chi connectivity index (χ0v) is 16.8. The number of hydrogen-bond acceptors (Lipinski definition) is 6. The summed E-state index contributed by atoms with van der Waals surface area (Å²) in [5.41, 5.74) is 2.93. The van der Waals surface area contributed by atoms with Crippen molar-refractivity contribution in [2.75, 3.05) is 19.0 Å². The average Bonchev–Trinajstić information content (AvgIpc) is 3.31. The van der Waals surface area contributed by atoms with Gasteiger partial charge in [0.25, 0.3) is 5.91 Å². The molecule has 1 saturated carbocycles. The van der Waals surface area contributed by atoms with Crippen molar-refractivity contribution in [3.05, 3.63) is 33.6 Å². The first-order valence-electron chi connectivity index (χ1n) is 8.88. The molecule has 142 valence electrons. The zero-order valence-electron chi connectivity index (χ0n) is 15.9. The molecule has 0 aliphatic heterocycles. The Morgan fingerprint density at radius 2 is 2.26 bits per heavy atom. The summed E-state index contributed by atoms with van der Waals surface area (Å²) >= 11 is 1.38. The molecule has 0 radical (unpaired) electrons. The van der Waals surface area contributed by atoms with Gasteiger partial charge in [-0.15, -0.1) is 10.2 Å². The molecule has 2 aromatic heterocycles. The van der Waals surface area contributed by atoms with E-state index in [1.807, 2.05) is 26.0 Å². The summed E-state index contributed by atoms with van der Waals surface area (Å²) in [6, 6.07) is 4.13. The number of amides is 1. The highest BCUT2D eigenvalue weighted by atomic mass is 32.1. The summed E-state index contributed by atoms with van der Waals surface area (Å²) in [5, 5.41) is 21.6. The van der Waals surface area contributed by atoms with Gasteiger partial charge < -0.3 is 9.30 Å². The number of nitrogens with one attached hydrogen (secondary N) is 1. The fraction of sp³-hybridized carbons (Fsp3) is 0.474. The molecule has 27 heavy (non-hydrogen) atoms. The Morgan fingerprint density at radius 1 is 1.52 bits per heavy atom. The maximum absolute atomic E-state index is 12.5. The third-order valence-electron chi connectivity index (χ3n) is 4.62. The second kappa shape index (κ2) is 8.03. The van der Waals surface area contributed by atoms with Crippen molar-refractivity contribution < 1.29 is 9.53 Å². The number of methoxy groups -OCH3 is 1. The van der Waals surface area contributed by atoms with Gasteiger partial charge in [0.15, 0.2) is 0 Å². The van der Waals surface area contributed by atoms with Crippen LogP contribution in [0.4, 0.5) is 5.13 Å². The van der Waals surface area contributed by atoms with Gasteiger partial charge in [0, 0.05) is 24.4 Å². The van der Waals surface area contributed by atoms with Crippen molar-refractivity contribution in [1.82, 2.24) is 14.8 Å². The highest BCUT2D eigenvalue weighted by molar-refractivity contribution is 7.15. The zero-order chi connectivity index (χ0) is 19.6. The number of aryl methyl sites for hydroxylation is 1. The fourth-order valence-corrected chi connectivity index (χ4v) is 4.10. The van der Waals surface area contributed by atoms with Gasteiger partial charge in [0.2, 0.25) is 5.13 Å². The van der Waals surface area contributed by atoms with E-state index in [9.17, 15) is 10.1 Å². The van der Waals surface area contributed by atoms with Crippen LogP contribution in [-0.2, 0) is 9.53 Å². The Bertz CT molecular complexity index is 917. The first-order chi connectivity index (χ1) is 12.9. The van der Waals surface area contributed by atoms with Crippen molar-refractivity contribution >= 4 is 28.5 Å². The molecule has 1 aliphatic rings. The molecule has 2 heterocycles. The normalized spacial score (nSPS) is 15.4. The molecule has 1 unspecified atom stereocenters. The molecule has 1 atom stereocenters. The fourth-order valence-electron chi connectivity index (χ4n) is 3.19. The minimum absolute atomic E-state index is 0.0396. The summed E-state index contributed by atoms with van der Waals surface area (Å²) < 4.78 is 7.39. The minimum atomic E-state index is -0.467. The first kappa shape index (κ1) is 19.3. The number of nitriles is 1. The van der Waals surface area contributed by atoms with E-state index < -0.39 is 5.91 Å². The second-order valence-corrected chi connectivity index (χ2v) is 7.85. The van der Waals surface area contributed by atoms with Crippen molar-refractivity contribution in [2.24, 2.45) is 0 Å². The summed E-state index contributed by atoms with van der Waals surface area (Å²) in [6.07, 6.45) is 3.88. The molecule has 1 fully saturated rings. The molecule has 1 aliphatic carbocycles. The van der Waals surface area contributed by atoms with Gasteiger partial charge in [-0.25, -0.2) is 0 Å². The van der Waals surface area contributed by atoms with Gasteiger partial charge in [-0.3, -0.25) is 10.1 Å². The van der Waals surface area contributed by atoms with E-state index in [2.05, 4.69) is 27.0 Å². The van der Waals surface area contributed by atoms with Crippen molar-refractivity contribution in [3.63, 3.8) is 0 Å². The number of carbonyl (C=O) groups is 1. The topological polar surface area (TPSA) is 92.8 Å². The molecule has 3 rings (SSSR count). The number of nitrogens with zero attached hydrogens (tertiary/aromatic N) is 4. The number of carbonyl (C=O) groups excluding carboxylic acids is 1. The molecule has 0 bridgehead atoms. The van der Waals surface area contributed by atoms with Gasteiger partial charge in [0.05, 0.1) is 12.6 Å². The standard InChI is InChI=1S/C19H23N5O2S/c1-11-7-15(13(3)24(11)12(2)10-26-4)8-16(9-20)17(25)21-19-23-22-18(27-19)14-5-6-14/h7-8,12,14H,5-6,10H2,1-4H3,(H,21,23,25)/b16-8+. The molecule has 1 N–H and O–H groups in total. The average molecular weight is 385 g/mol. The Kier molecular flexibility index (Phi) is 5.73. The van der Waals surface area contributed by atoms with Crippen LogP contribution in [0.5, 0.6) is 0 Å². The lowest BCUT2D eigenvalue weighted by atomic mass is 10.1. The van der Waals surface area contributed by atoms with E-state index in [0.717, 1.165) is 34.8 Å². The van der Waals surface area contributed by atoms with Crippen LogP contribution in [0.25, 0.3) is 6.08 Å². The smallest absolute Gasteiger partial charge is 0.268 e. The van der Waals surface area contributed by atoms with Gasteiger partial charge in [-0.2, -0.15) is 5.26 Å². The molecule has 7 nitrogen and oxygen atoms in total. The molecule has 2 aromatic rings. The molecule has 1 amide bonds. The number of ether oxygens (including phenoxy) is 1. The summed E-state index contributed by atoms with van der Waals surface area (Å²) in [4.78, 5) is 12.5. The van der Waals surface area contributed by atoms with Crippen LogP contribution < -0.4 is 5.32 Å². The number of rotatable bonds is 7. The summed E-state index contributed by atoms with van der Waals surface area (Å²) in [7, 11) is 1.67. The van der Waals surface area contributed by atoms with Crippen LogP contribution in [0.3, 0.4) is 0 Å². The minimum Gasteiger partial charge on any atom is -0.383 e. The molecule has 0 aromatic carbocycles. The molecule has 0 saturated heterocycles. The van der Waals surface area contributed by atoms with E-state index in [4.69, 9.17) is 4.74 Å². The van der Waals surface area contributed by atoms with E-state index in [-0.39, 0.29) is 11.6 Å². The lowest BCUT2D eigenvalue weighted by molar-refractivity contribution is -0.112. The number of aromatic nitrogens is 3. The van der Waals surface area contributed by atoms with Crippen molar-refractivity contribution in [1.29, 1.82) is 5.26 Å². The predicted molar refractivity (Wildman–Crippen MR) is 105 cm³/mol. The quantitative estimate of drug-likeness (QED) is 0.581. The number of hydrogen-bond donors (Lipinski definition) is 1. The molecule has 8 heteroatoms. The Balaban J connectivity index is 1.79. The van der Waals surface area contributed by atoms with Gasteiger partial charge in [-0.1, -0.05) is 11.3 Å². The van der Waals surface area contributed by atoms with Crippen LogP contribution in [-0.4, -0.2) is 34.4 Å². The van der Waals surface area contributed by atoms with Crippen LogP contribution in [0.2, 0.25) is 0 Å². The maximum Gasteiger partial charge on any atom is 0.268 e. The van der Waals surface area contributed by atoms with E-state index >= 15 is 0 Å². The molecule has 0 spiro atoms. The van der Waals surface area contributed by atoms with Crippen molar-refractivity contribution in [2.45, 2.75) is 45.6 Å². The lowest BCUT2D eigenvalue weighted by Crippen LogP contribution is -2.14. The lowest BCUT2D eigenvalue weighted by Gasteiger charge is -2.17. The Hall–Kier alpha value is -2.50. The highest BCUT2D eigenvalue weighted by Crippen LogP contribution is 2.42. The monoisotopic (exact) mass is 385 g/mol. The van der Waals surface area contributed by atoms with Crippen LogP contribution in [0.1, 0.15) is 53.7 Å². The third kappa shape index (κ3) is 4.26.